The van der Waals surface area contributed by atoms with Gasteiger partial charge in [0.05, 0.1) is 6.61 Å². The fraction of sp³-hybridized carbons (Fsp3) is 0.714. The van der Waals surface area contributed by atoms with E-state index in [9.17, 15) is 4.79 Å². The Morgan fingerprint density at radius 1 is 1.19 bits per heavy atom. The summed E-state index contributed by atoms with van der Waals surface area (Å²) in [6, 6.07) is 4.89. The van der Waals surface area contributed by atoms with Crippen LogP contribution in [0.25, 0.3) is 0 Å². The van der Waals surface area contributed by atoms with Gasteiger partial charge in [0.1, 0.15) is 5.82 Å². The van der Waals surface area contributed by atoms with Crippen molar-refractivity contribution in [2.45, 2.75) is 51.0 Å². The van der Waals surface area contributed by atoms with Crippen LogP contribution in [0, 0.1) is 0 Å². The van der Waals surface area contributed by atoms with Gasteiger partial charge in [-0.05, 0) is 69.7 Å². The molecule has 1 atom stereocenters. The molecule has 27 heavy (non-hydrogen) atoms. The number of anilines is 1. The van der Waals surface area contributed by atoms with Crippen LogP contribution in [0.1, 0.15) is 50.5 Å². The number of amides is 1. The number of piperidine rings is 1. The molecule has 2 aliphatic rings. The molecule has 150 valence electrons. The lowest BCUT2D eigenvalue weighted by molar-refractivity contribution is 0.105. The van der Waals surface area contributed by atoms with Crippen molar-refractivity contribution >= 4 is 11.9 Å². The Labute approximate surface area is 163 Å². The van der Waals surface area contributed by atoms with E-state index in [1.807, 2.05) is 18.0 Å². The van der Waals surface area contributed by atoms with E-state index in [-0.39, 0.29) is 6.09 Å². The standard InChI is InChI=1S/C21H34N4O2/c1-4-27-21(26)25-13-6-7-18(11-16-25)24-14-9-17(10-15-24)19-8-5-12-22-20(19)23(2)3/h5,8,12,17-18H,4,6-7,9-11,13-16H2,1-3H3. The van der Waals surface area contributed by atoms with Crippen molar-refractivity contribution in [3.63, 3.8) is 0 Å². The van der Waals surface area contributed by atoms with Gasteiger partial charge in [-0.1, -0.05) is 6.07 Å². The lowest BCUT2D eigenvalue weighted by Gasteiger charge is -2.38. The number of rotatable bonds is 4. The molecule has 0 saturated carbocycles. The summed E-state index contributed by atoms with van der Waals surface area (Å²) in [4.78, 5) is 23.2. The molecule has 6 nitrogen and oxygen atoms in total. The van der Waals surface area contributed by atoms with Gasteiger partial charge in [-0.15, -0.1) is 0 Å². The maximum absolute atomic E-state index is 12.0. The predicted molar refractivity (Wildman–Crippen MR) is 108 cm³/mol. The molecule has 0 radical (unpaired) electrons. The van der Waals surface area contributed by atoms with Crippen LogP contribution in [-0.2, 0) is 4.74 Å². The minimum absolute atomic E-state index is 0.148. The Kier molecular flexibility index (Phi) is 6.94. The first-order valence-corrected chi connectivity index (χ1v) is 10.4. The van der Waals surface area contributed by atoms with E-state index < -0.39 is 0 Å². The largest absolute Gasteiger partial charge is 0.450 e. The molecule has 1 aromatic heterocycles. The molecule has 0 spiro atoms. The summed E-state index contributed by atoms with van der Waals surface area (Å²) in [6.07, 6.45) is 7.40. The molecular formula is C21H34N4O2. The molecule has 6 heteroatoms. The average molecular weight is 375 g/mol. The van der Waals surface area contributed by atoms with E-state index in [0.29, 0.717) is 18.6 Å². The number of pyridine rings is 1. The molecule has 0 aliphatic carbocycles. The molecule has 2 aliphatic heterocycles. The minimum Gasteiger partial charge on any atom is -0.450 e. The van der Waals surface area contributed by atoms with Crippen LogP contribution in [0.5, 0.6) is 0 Å². The van der Waals surface area contributed by atoms with Crippen LogP contribution in [0.2, 0.25) is 0 Å². The summed E-state index contributed by atoms with van der Waals surface area (Å²) in [5.41, 5.74) is 1.39. The third-order valence-electron chi connectivity index (χ3n) is 5.95. The van der Waals surface area contributed by atoms with Crippen molar-refractivity contribution in [3.8, 4) is 0 Å². The first-order valence-electron chi connectivity index (χ1n) is 10.4. The van der Waals surface area contributed by atoms with Gasteiger partial charge >= 0.3 is 6.09 Å². The maximum atomic E-state index is 12.0. The lowest BCUT2D eigenvalue weighted by Crippen LogP contribution is -2.42. The van der Waals surface area contributed by atoms with Gasteiger partial charge in [-0.25, -0.2) is 9.78 Å². The van der Waals surface area contributed by atoms with Gasteiger partial charge in [-0.3, -0.25) is 0 Å². The van der Waals surface area contributed by atoms with Crippen molar-refractivity contribution in [2.24, 2.45) is 0 Å². The number of carbonyl (C=O) groups excluding carboxylic acids is 1. The zero-order valence-corrected chi connectivity index (χ0v) is 17.1. The van der Waals surface area contributed by atoms with Crippen LogP contribution >= 0.6 is 0 Å². The summed E-state index contributed by atoms with van der Waals surface area (Å²) in [7, 11) is 4.14. The van der Waals surface area contributed by atoms with Crippen LogP contribution in [0.4, 0.5) is 10.6 Å². The SMILES string of the molecule is CCOC(=O)N1CCCC(N2CCC(c3cccnc3N(C)C)CC2)CC1. The fourth-order valence-corrected chi connectivity index (χ4v) is 4.52. The molecule has 1 unspecified atom stereocenters. The van der Waals surface area contributed by atoms with Crippen LogP contribution in [-0.4, -0.2) is 73.8 Å². The summed E-state index contributed by atoms with van der Waals surface area (Å²) < 4.78 is 5.17. The van der Waals surface area contributed by atoms with Gasteiger partial charge in [0.2, 0.25) is 0 Å². The molecule has 3 rings (SSSR count). The zero-order chi connectivity index (χ0) is 19.2. The Hall–Kier alpha value is -1.82. The van der Waals surface area contributed by atoms with Gasteiger partial charge in [0.15, 0.2) is 0 Å². The number of carbonyl (C=O) groups is 1. The van der Waals surface area contributed by atoms with E-state index in [4.69, 9.17) is 4.74 Å². The van der Waals surface area contributed by atoms with E-state index >= 15 is 0 Å². The smallest absolute Gasteiger partial charge is 0.409 e. The zero-order valence-electron chi connectivity index (χ0n) is 17.1. The van der Waals surface area contributed by atoms with E-state index in [2.05, 4.69) is 41.0 Å². The highest BCUT2D eigenvalue weighted by molar-refractivity contribution is 5.67. The highest BCUT2D eigenvalue weighted by atomic mass is 16.6. The molecule has 0 N–H and O–H groups in total. The minimum atomic E-state index is -0.148. The van der Waals surface area contributed by atoms with Crippen molar-refractivity contribution in [2.75, 3.05) is 51.8 Å². The first-order chi connectivity index (χ1) is 13.1. The number of likely N-dealkylation sites (tertiary alicyclic amines) is 2. The molecule has 1 aromatic rings. The van der Waals surface area contributed by atoms with Gasteiger partial charge in [0, 0.05) is 39.4 Å². The number of nitrogens with zero attached hydrogens (tertiary/aromatic N) is 4. The highest BCUT2D eigenvalue weighted by Crippen LogP contribution is 2.34. The number of hydrogen-bond acceptors (Lipinski definition) is 5. The Balaban J connectivity index is 1.54. The van der Waals surface area contributed by atoms with Crippen molar-refractivity contribution in [3.05, 3.63) is 23.9 Å². The van der Waals surface area contributed by atoms with E-state index in [0.717, 1.165) is 44.8 Å². The maximum Gasteiger partial charge on any atom is 0.409 e. The number of aromatic nitrogens is 1. The van der Waals surface area contributed by atoms with Crippen molar-refractivity contribution < 1.29 is 9.53 Å². The average Bonchev–Trinajstić information content (AvgIpc) is 2.95. The fourth-order valence-electron chi connectivity index (χ4n) is 4.52. The molecule has 0 bridgehead atoms. The van der Waals surface area contributed by atoms with Gasteiger partial charge < -0.3 is 19.4 Å². The lowest BCUT2D eigenvalue weighted by atomic mass is 9.88. The summed E-state index contributed by atoms with van der Waals surface area (Å²) >= 11 is 0. The van der Waals surface area contributed by atoms with E-state index in [1.165, 1.54) is 24.8 Å². The molecular weight excluding hydrogens is 340 g/mol. The van der Waals surface area contributed by atoms with Crippen LogP contribution in [0.15, 0.2) is 18.3 Å². The summed E-state index contributed by atoms with van der Waals surface area (Å²) in [5.74, 6) is 1.70. The second kappa shape index (κ2) is 9.40. The number of hydrogen-bond donors (Lipinski definition) is 0. The van der Waals surface area contributed by atoms with Gasteiger partial charge in [0.25, 0.3) is 0 Å². The summed E-state index contributed by atoms with van der Waals surface area (Å²) in [5, 5.41) is 0. The predicted octanol–water partition coefficient (Wildman–Crippen LogP) is 3.34. The van der Waals surface area contributed by atoms with Crippen molar-refractivity contribution in [1.29, 1.82) is 0 Å². The summed E-state index contributed by atoms with van der Waals surface area (Å²) in [6.45, 7) is 6.24. The molecule has 2 saturated heterocycles. The third-order valence-corrected chi connectivity index (χ3v) is 5.95. The van der Waals surface area contributed by atoms with E-state index in [1.54, 1.807) is 0 Å². The van der Waals surface area contributed by atoms with Crippen LogP contribution < -0.4 is 4.90 Å². The second-order valence-corrected chi connectivity index (χ2v) is 7.89. The monoisotopic (exact) mass is 374 g/mol. The normalized spacial score (nSPS) is 22.3. The van der Waals surface area contributed by atoms with Gasteiger partial charge in [-0.2, -0.15) is 0 Å². The van der Waals surface area contributed by atoms with Crippen molar-refractivity contribution in [1.82, 2.24) is 14.8 Å². The van der Waals surface area contributed by atoms with Crippen LogP contribution in [0.3, 0.4) is 0 Å². The quantitative estimate of drug-likeness (QED) is 0.809. The molecule has 1 amide bonds. The topological polar surface area (TPSA) is 48.9 Å². The third kappa shape index (κ3) is 4.92. The molecule has 0 aromatic carbocycles. The molecule has 2 fully saturated rings. The Morgan fingerprint density at radius 3 is 2.67 bits per heavy atom. The highest BCUT2D eigenvalue weighted by Gasteiger charge is 2.29. The number of ether oxygens (including phenoxy) is 1. The first kappa shape index (κ1) is 19.9. The molecule has 3 heterocycles. The Morgan fingerprint density at radius 2 is 1.96 bits per heavy atom. The second-order valence-electron chi connectivity index (χ2n) is 7.89. The Bertz CT molecular complexity index is 614.